The summed E-state index contributed by atoms with van der Waals surface area (Å²) < 4.78 is 13.5. The number of carbonyl (C=O) groups is 1. The van der Waals surface area contributed by atoms with E-state index < -0.39 is 0 Å². The number of anilines is 1. The van der Waals surface area contributed by atoms with E-state index in [1.54, 1.807) is 19.3 Å². The van der Waals surface area contributed by atoms with E-state index in [2.05, 4.69) is 20.1 Å². The van der Waals surface area contributed by atoms with Crippen LogP contribution in [0.5, 0.6) is 0 Å². The molecule has 4 aliphatic heterocycles. The third-order valence-corrected chi connectivity index (χ3v) is 6.82. The average molecular weight is 380 g/mol. The van der Waals surface area contributed by atoms with Gasteiger partial charge in [-0.2, -0.15) is 0 Å². The van der Waals surface area contributed by atoms with E-state index >= 15 is 0 Å². The molecule has 1 amide bonds. The molecule has 5 heterocycles. The molecule has 28 heavy (non-hydrogen) atoms. The number of pyridine rings is 1. The van der Waals surface area contributed by atoms with Crippen LogP contribution in [0, 0.1) is 11.7 Å². The van der Waals surface area contributed by atoms with Crippen LogP contribution in [-0.2, 0) is 0 Å². The molecule has 0 saturated carbocycles. The molecule has 6 rings (SSSR count). The van der Waals surface area contributed by atoms with Crippen molar-refractivity contribution in [2.24, 2.45) is 5.92 Å². The maximum atomic E-state index is 13.5. The van der Waals surface area contributed by atoms with Crippen LogP contribution in [-0.4, -0.2) is 59.5 Å². The van der Waals surface area contributed by atoms with Gasteiger partial charge in [-0.3, -0.25) is 9.69 Å². The van der Waals surface area contributed by atoms with E-state index in [-0.39, 0.29) is 23.7 Å². The zero-order valence-electron chi connectivity index (χ0n) is 16.0. The Morgan fingerprint density at radius 1 is 1.14 bits per heavy atom. The minimum absolute atomic E-state index is 0.0762. The second-order valence-corrected chi connectivity index (χ2v) is 8.15. The quantitative estimate of drug-likeness (QED) is 0.890. The number of halogens is 1. The fourth-order valence-electron chi connectivity index (χ4n) is 5.52. The van der Waals surface area contributed by atoms with Crippen molar-refractivity contribution < 1.29 is 9.18 Å². The molecule has 4 fully saturated rings. The van der Waals surface area contributed by atoms with Gasteiger partial charge in [0, 0.05) is 37.3 Å². The largest absolute Gasteiger partial charge is 0.373 e. The van der Waals surface area contributed by atoms with Crippen LogP contribution >= 0.6 is 0 Å². The van der Waals surface area contributed by atoms with Gasteiger partial charge >= 0.3 is 0 Å². The second-order valence-electron chi connectivity index (χ2n) is 8.15. The zero-order chi connectivity index (χ0) is 19.3. The highest BCUT2D eigenvalue weighted by molar-refractivity contribution is 5.95. The maximum absolute atomic E-state index is 13.5. The number of nitrogens with one attached hydrogen (secondary N) is 1. The number of piperidine rings is 3. The smallest absolute Gasteiger partial charge is 0.254 e. The number of fused-ring (bicyclic) bond motifs is 2. The molecule has 0 unspecified atom stereocenters. The Morgan fingerprint density at radius 2 is 1.89 bits per heavy atom. The summed E-state index contributed by atoms with van der Waals surface area (Å²) in [5.74, 6) is 1.34. The average Bonchev–Trinajstić information content (AvgIpc) is 3.17. The molecular formula is C22H25FN4O. The first-order chi connectivity index (χ1) is 13.7. The Bertz CT molecular complexity index is 878. The molecule has 0 radical (unpaired) electrons. The molecule has 5 nitrogen and oxygen atoms in total. The third-order valence-electron chi connectivity index (χ3n) is 6.82. The Kier molecular flexibility index (Phi) is 4.31. The van der Waals surface area contributed by atoms with Gasteiger partial charge in [0.05, 0.1) is 6.04 Å². The van der Waals surface area contributed by atoms with Gasteiger partial charge in [0.1, 0.15) is 11.6 Å². The van der Waals surface area contributed by atoms with Gasteiger partial charge in [0.25, 0.3) is 5.91 Å². The molecule has 146 valence electrons. The number of aromatic nitrogens is 1. The highest BCUT2D eigenvalue weighted by atomic mass is 19.1. The number of rotatable bonds is 3. The summed E-state index contributed by atoms with van der Waals surface area (Å²) in [6, 6.07) is 11.0. The number of benzene rings is 1. The Labute approximate surface area is 164 Å². The fraction of sp³-hybridized carbons (Fsp3) is 0.455. The maximum Gasteiger partial charge on any atom is 0.254 e. The molecule has 6 heteroatoms. The number of hydrogen-bond donors (Lipinski definition) is 1. The van der Waals surface area contributed by atoms with Crippen molar-refractivity contribution in [2.45, 2.75) is 30.8 Å². The summed E-state index contributed by atoms with van der Waals surface area (Å²) in [7, 11) is 1.81. The SMILES string of the molecule is CNc1cc(C(=O)N2C[C@H](c3ccc(F)cc3)[C@H]3[C@@H]2C2CCN3CC2)ccn1. The molecule has 1 aromatic carbocycles. The monoisotopic (exact) mass is 380 g/mol. The molecular weight excluding hydrogens is 355 g/mol. The lowest BCUT2D eigenvalue weighted by molar-refractivity contribution is -0.00341. The number of carbonyl (C=O) groups excluding carboxylic acids is 1. The first-order valence-corrected chi connectivity index (χ1v) is 10.1. The standard InChI is InChI=1S/C22H25FN4O/c1-24-19-12-16(6-9-25-19)22(28)27-13-18(14-2-4-17(23)5-3-14)21-20(27)15-7-10-26(21)11-8-15/h2-6,9,12,15,18,20-21H,7-8,10-11,13H2,1H3,(H,24,25)/t18-,20+,21+/m1/s1. The van der Waals surface area contributed by atoms with Crippen LogP contribution in [0.2, 0.25) is 0 Å². The molecule has 3 atom stereocenters. The molecule has 0 spiro atoms. The van der Waals surface area contributed by atoms with E-state index in [0.717, 1.165) is 31.5 Å². The second kappa shape index (κ2) is 6.85. The van der Waals surface area contributed by atoms with Crippen molar-refractivity contribution in [1.29, 1.82) is 0 Å². The van der Waals surface area contributed by atoms with Crippen molar-refractivity contribution >= 4 is 11.7 Å². The van der Waals surface area contributed by atoms with Crippen molar-refractivity contribution in [1.82, 2.24) is 14.8 Å². The first-order valence-electron chi connectivity index (χ1n) is 10.1. The van der Waals surface area contributed by atoms with Crippen LogP contribution < -0.4 is 5.32 Å². The van der Waals surface area contributed by atoms with Crippen LogP contribution in [0.3, 0.4) is 0 Å². The van der Waals surface area contributed by atoms with Crippen molar-refractivity contribution in [3.63, 3.8) is 0 Å². The van der Waals surface area contributed by atoms with Gasteiger partial charge in [-0.25, -0.2) is 9.37 Å². The van der Waals surface area contributed by atoms with Gasteiger partial charge in [-0.1, -0.05) is 12.1 Å². The van der Waals surface area contributed by atoms with Gasteiger partial charge in [-0.05, 0) is 61.7 Å². The van der Waals surface area contributed by atoms with E-state index in [1.165, 1.54) is 12.1 Å². The number of likely N-dealkylation sites (tertiary alicyclic amines) is 1. The molecule has 2 aromatic rings. The lowest BCUT2D eigenvalue weighted by atomic mass is 9.75. The van der Waals surface area contributed by atoms with Crippen LogP contribution in [0.1, 0.15) is 34.7 Å². The van der Waals surface area contributed by atoms with Crippen LogP contribution in [0.15, 0.2) is 42.6 Å². The number of nitrogens with zero attached hydrogens (tertiary/aromatic N) is 3. The minimum Gasteiger partial charge on any atom is -0.373 e. The van der Waals surface area contributed by atoms with E-state index in [1.807, 2.05) is 18.2 Å². The summed E-state index contributed by atoms with van der Waals surface area (Å²) in [4.78, 5) is 22.3. The lowest BCUT2D eigenvalue weighted by Gasteiger charge is -2.51. The number of amides is 1. The van der Waals surface area contributed by atoms with E-state index in [4.69, 9.17) is 0 Å². The Balaban J connectivity index is 1.51. The molecule has 2 bridgehead atoms. The molecule has 0 aliphatic carbocycles. The highest BCUT2D eigenvalue weighted by Crippen LogP contribution is 2.47. The van der Waals surface area contributed by atoms with Crippen molar-refractivity contribution in [3.8, 4) is 0 Å². The highest BCUT2D eigenvalue weighted by Gasteiger charge is 2.54. The summed E-state index contributed by atoms with van der Waals surface area (Å²) in [6.45, 7) is 2.89. The molecule has 1 aromatic heterocycles. The minimum atomic E-state index is -0.215. The summed E-state index contributed by atoms with van der Waals surface area (Å²) >= 11 is 0. The zero-order valence-corrected chi connectivity index (χ0v) is 16.0. The summed E-state index contributed by atoms with van der Waals surface area (Å²) in [5, 5.41) is 3.01. The topological polar surface area (TPSA) is 48.5 Å². The normalized spacial score (nSPS) is 30.9. The molecule has 4 saturated heterocycles. The van der Waals surface area contributed by atoms with Gasteiger partial charge in [0.15, 0.2) is 0 Å². The van der Waals surface area contributed by atoms with Gasteiger partial charge < -0.3 is 10.2 Å². The van der Waals surface area contributed by atoms with Crippen LogP contribution in [0.25, 0.3) is 0 Å². The fourth-order valence-corrected chi connectivity index (χ4v) is 5.52. The number of hydrogen-bond acceptors (Lipinski definition) is 4. The van der Waals surface area contributed by atoms with E-state index in [9.17, 15) is 9.18 Å². The first kappa shape index (κ1) is 17.6. The van der Waals surface area contributed by atoms with Crippen LogP contribution in [0.4, 0.5) is 10.2 Å². The Hall–Kier alpha value is -2.47. The lowest BCUT2D eigenvalue weighted by Crippen LogP contribution is -2.60. The van der Waals surface area contributed by atoms with Gasteiger partial charge in [0.2, 0.25) is 0 Å². The predicted octanol–water partition coefficient (Wildman–Crippen LogP) is 2.96. The van der Waals surface area contributed by atoms with Gasteiger partial charge in [-0.15, -0.1) is 0 Å². The van der Waals surface area contributed by atoms with Crippen molar-refractivity contribution in [2.75, 3.05) is 32.0 Å². The molecule has 1 N–H and O–H groups in total. The molecule has 4 aliphatic rings. The van der Waals surface area contributed by atoms with E-state index in [0.29, 0.717) is 29.9 Å². The third kappa shape index (κ3) is 2.78. The Morgan fingerprint density at radius 3 is 2.61 bits per heavy atom. The van der Waals surface area contributed by atoms with Crippen molar-refractivity contribution in [3.05, 3.63) is 59.5 Å². The predicted molar refractivity (Wildman–Crippen MR) is 106 cm³/mol. The summed E-state index contributed by atoms with van der Waals surface area (Å²) in [5.41, 5.74) is 1.80. The summed E-state index contributed by atoms with van der Waals surface area (Å²) in [6.07, 6.45) is 3.99.